The highest BCUT2D eigenvalue weighted by molar-refractivity contribution is 6.40. The van der Waals surface area contributed by atoms with Crippen molar-refractivity contribution in [1.29, 1.82) is 0 Å². The summed E-state index contributed by atoms with van der Waals surface area (Å²) in [6, 6.07) is 0. The summed E-state index contributed by atoms with van der Waals surface area (Å²) in [5.74, 6) is -1.23. The fourth-order valence-corrected chi connectivity index (χ4v) is 1.95. The van der Waals surface area contributed by atoms with Crippen LogP contribution < -0.4 is 5.32 Å². The molecule has 1 aliphatic heterocycles. The van der Waals surface area contributed by atoms with Crippen LogP contribution in [-0.2, 0) is 19.2 Å². The molecule has 0 saturated carbocycles. The molecular formula is C14H24N2O4. The third-order valence-electron chi connectivity index (χ3n) is 3.78. The van der Waals surface area contributed by atoms with Crippen molar-refractivity contribution in [2.75, 3.05) is 6.61 Å². The quantitative estimate of drug-likeness (QED) is 0.755. The fourth-order valence-electron chi connectivity index (χ4n) is 1.95. The predicted molar refractivity (Wildman–Crippen MR) is 74.9 cm³/mol. The van der Waals surface area contributed by atoms with Gasteiger partial charge in [0.05, 0.1) is 6.61 Å². The first-order valence-corrected chi connectivity index (χ1v) is 7.18. The Kier molecular flexibility index (Phi) is 5.53. The molecule has 0 aliphatic carbocycles. The molecule has 0 saturated heterocycles. The lowest BCUT2D eigenvalue weighted by molar-refractivity contribution is -0.191. The zero-order chi connectivity index (χ0) is 15.3. The summed E-state index contributed by atoms with van der Waals surface area (Å²) in [7, 11) is 0. The summed E-state index contributed by atoms with van der Waals surface area (Å²) in [5.41, 5.74) is -1.20. The summed E-state index contributed by atoms with van der Waals surface area (Å²) in [6.45, 7) is 9.51. The average molecular weight is 284 g/mol. The Morgan fingerprint density at radius 3 is 2.45 bits per heavy atom. The molecule has 0 spiro atoms. The zero-order valence-corrected chi connectivity index (χ0v) is 12.9. The summed E-state index contributed by atoms with van der Waals surface area (Å²) in [6.07, 6.45) is 1.42. The molecule has 0 fully saturated rings. The van der Waals surface area contributed by atoms with Crippen LogP contribution in [0.15, 0.2) is 5.16 Å². The monoisotopic (exact) mass is 284 g/mol. The Bertz CT molecular complexity index is 408. The Labute approximate surface area is 119 Å². The number of rotatable bonds is 6. The number of oxime groups is 1. The molecule has 0 aromatic rings. The number of esters is 1. The third kappa shape index (κ3) is 2.94. The highest BCUT2D eigenvalue weighted by Crippen LogP contribution is 2.28. The third-order valence-corrected chi connectivity index (χ3v) is 3.78. The van der Waals surface area contributed by atoms with Gasteiger partial charge in [0.1, 0.15) is 5.71 Å². The average Bonchev–Trinajstić information content (AvgIpc) is 2.45. The second-order valence-electron chi connectivity index (χ2n) is 5.10. The number of ether oxygens (including phenoxy) is 1. The van der Waals surface area contributed by atoms with Gasteiger partial charge in [-0.15, -0.1) is 0 Å². The minimum Gasteiger partial charge on any atom is -0.461 e. The minimum atomic E-state index is -1.52. The molecule has 3 atom stereocenters. The van der Waals surface area contributed by atoms with Crippen molar-refractivity contribution in [2.24, 2.45) is 17.0 Å². The van der Waals surface area contributed by atoms with Crippen LogP contribution >= 0.6 is 0 Å². The van der Waals surface area contributed by atoms with Gasteiger partial charge in [0.2, 0.25) is 0 Å². The van der Waals surface area contributed by atoms with E-state index in [0.29, 0.717) is 12.1 Å². The molecule has 3 unspecified atom stereocenters. The van der Waals surface area contributed by atoms with Gasteiger partial charge in [-0.2, -0.15) is 0 Å². The number of amides is 1. The van der Waals surface area contributed by atoms with Crippen LogP contribution in [0.2, 0.25) is 0 Å². The summed E-state index contributed by atoms with van der Waals surface area (Å²) >= 11 is 0. The van der Waals surface area contributed by atoms with Crippen LogP contribution in [0.4, 0.5) is 0 Å². The van der Waals surface area contributed by atoms with Crippen LogP contribution in [-0.4, -0.2) is 29.9 Å². The number of nitrogens with one attached hydrogen (secondary N) is 1. The highest BCUT2D eigenvalue weighted by Gasteiger charge is 2.52. The molecule has 0 radical (unpaired) electrons. The van der Waals surface area contributed by atoms with E-state index < -0.39 is 11.7 Å². The van der Waals surface area contributed by atoms with Gasteiger partial charge in [0.15, 0.2) is 0 Å². The van der Waals surface area contributed by atoms with E-state index in [2.05, 4.69) is 10.5 Å². The van der Waals surface area contributed by atoms with E-state index in [0.717, 1.165) is 6.42 Å². The number of carbonyl (C=O) groups is 2. The smallest absolute Gasteiger partial charge is 0.375 e. The lowest BCUT2D eigenvalue weighted by Gasteiger charge is -2.37. The number of carbonyl (C=O) groups excluding carboxylic acids is 2. The number of hydrogen-bond acceptors (Lipinski definition) is 5. The van der Waals surface area contributed by atoms with Crippen molar-refractivity contribution in [3.8, 4) is 0 Å². The van der Waals surface area contributed by atoms with Gasteiger partial charge in [-0.1, -0.05) is 32.9 Å². The van der Waals surface area contributed by atoms with Crippen molar-refractivity contribution in [2.45, 2.75) is 53.2 Å². The maximum atomic E-state index is 12.2. The van der Waals surface area contributed by atoms with Crippen molar-refractivity contribution in [3.63, 3.8) is 0 Å². The van der Waals surface area contributed by atoms with E-state index in [1.807, 2.05) is 27.7 Å². The summed E-state index contributed by atoms with van der Waals surface area (Å²) < 4.78 is 5.03. The standard InChI is InChI=1S/C14H24N2O4/c1-6-9(4)11-12(17)15-14(20-16-11,10(5)7-2)13(18)19-8-3/h9-10H,6-8H2,1-5H3,(H,15,17). The Balaban J connectivity index is 3.09. The van der Waals surface area contributed by atoms with Gasteiger partial charge < -0.3 is 14.9 Å². The molecule has 114 valence electrons. The Morgan fingerprint density at radius 1 is 1.35 bits per heavy atom. The van der Waals surface area contributed by atoms with Gasteiger partial charge in [0.25, 0.3) is 5.91 Å². The van der Waals surface area contributed by atoms with E-state index in [1.165, 1.54) is 0 Å². The van der Waals surface area contributed by atoms with Crippen molar-refractivity contribution in [1.82, 2.24) is 5.32 Å². The first kappa shape index (κ1) is 16.5. The van der Waals surface area contributed by atoms with Gasteiger partial charge in [-0.3, -0.25) is 4.79 Å². The molecule has 1 N–H and O–H groups in total. The van der Waals surface area contributed by atoms with Gasteiger partial charge in [0, 0.05) is 11.8 Å². The maximum Gasteiger partial charge on any atom is 0.375 e. The van der Waals surface area contributed by atoms with Crippen molar-refractivity contribution >= 4 is 17.6 Å². The first-order chi connectivity index (χ1) is 9.42. The summed E-state index contributed by atoms with van der Waals surface area (Å²) in [5, 5.41) is 6.57. The van der Waals surface area contributed by atoms with Crippen LogP contribution in [0, 0.1) is 11.8 Å². The lowest BCUT2D eigenvalue weighted by Crippen LogP contribution is -2.64. The molecule has 1 amide bonds. The van der Waals surface area contributed by atoms with E-state index in [4.69, 9.17) is 9.57 Å². The highest BCUT2D eigenvalue weighted by atomic mass is 16.7. The van der Waals surface area contributed by atoms with Crippen LogP contribution in [0.1, 0.15) is 47.5 Å². The van der Waals surface area contributed by atoms with Crippen LogP contribution in [0.5, 0.6) is 0 Å². The molecule has 6 nitrogen and oxygen atoms in total. The van der Waals surface area contributed by atoms with E-state index in [9.17, 15) is 9.59 Å². The molecular weight excluding hydrogens is 260 g/mol. The second kappa shape index (κ2) is 6.72. The van der Waals surface area contributed by atoms with Gasteiger partial charge in [-0.25, -0.2) is 4.79 Å². The fraction of sp³-hybridized carbons (Fsp3) is 0.786. The normalized spacial score (nSPS) is 25.1. The van der Waals surface area contributed by atoms with Gasteiger partial charge >= 0.3 is 11.7 Å². The predicted octanol–water partition coefficient (Wildman–Crippen LogP) is 1.84. The topological polar surface area (TPSA) is 77.0 Å². The molecule has 0 bridgehead atoms. The zero-order valence-electron chi connectivity index (χ0n) is 12.9. The largest absolute Gasteiger partial charge is 0.461 e. The first-order valence-electron chi connectivity index (χ1n) is 7.18. The van der Waals surface area contributed by atoms with Gasteiger partial charge in [-0.05, 0) is 19.8 Å². The molecule has 0 aromatic heterocycles. The van der Waals surface area contributed by atoms with Crippen LogP contribution in [0.25, 0.3) is 0 Å². The molecule has 0 aromatic carbocycles. The second-order valence-corrected chi connectivity index (χ2v) is 5.10. The lowest BCUT2D eigenvalue weighted by atomic mass is 9.92. The molecule has 20 heavy (non-hydrogen) atoms. The number of nitrogens with zero attached hydrogens (tertiary/aromatic N) is 1. The Morgan fingerprint density at radius 2 is 2.00 bits per heavy atom. The molecule has 1 rings (SSSR count). The van der Waals surface area contributed by atoms with E-state index in [1.54, 1.807) is 6.92 Å². The minimum absolute atomic E-state index is 0.0212. The summed E-state index contributed by atoms with van der Waals surface area (Å²) in [4.78, 5) is 29.8. The van der Waals surface area contributed by atoms with Crippen molar-refractivity contribution < 1.29 is 19.2 Å². The van der Waals surface area contributed by atoms with Crippen LogP contribution in [0.3, 0.4) is 0 Å². The van der Waals surface area contributed by atoms with Crippen molar-refractivity contribution in [3.05, 3.63) is 0 Å². The van der Waals surface area contributed by atoms with E-state index in [-0.39, 0.29) is 24.3 Å². The maximum absolute atomic E-state index is 12.2. The Hall–Kier alpha value is -1.59. The SMILES string of the molecule is CCOC(=O)C1(C(C)CC)NC(=O)C(C(C)CC)=NO1. The molecule has 1 heterocycles. The molecule has 6 heteroatoms. The molecule has 1 aliphatic rings. The number of hydrogen-bond donors (Lipinski definition) is 1. The van der Waals surface area contributed by atoms with E-state index >= 15 is 0 Å².